The number of hydrogen-bond donors (Lipinski definition) is 0. The summed E-state index contributed by atoms with van der Waals surface area (Å²) in [7, 11) is 3.25. The first-order valence-electron chi connectivity index (χ1n) is 8.22. The van der Waals surface area contributed by atoms with Gasteiger partial charge in [-0.05, 0) is 24.8 Å². The third kappa shape index (κ3) is 5.45. The number of hydrogen-bond acceptors (Lipinski definition) is 3. The highest BCUT2D eigenvalue weighted by atomic mass is 16.5. The molecule has 0 saturated heterocycles. The lowest BCUT2D eigenvalue weighted by atomic mass is 9.91. The van der Waals surface area contributed by atoms with Crippen LogP contribution in [0.15, 0.2) is 18.2 Å². The van der Waals surface area contributed by atoms with Gasteiger partial charge in [0.05, 0.1) is 14.2 Å². The molecule has 1 rings (SSSR count). The van der Waals surface area contributed by atoms with Crippen molar-refractivity contribution in [3.05, 3.63) is 23.8 Å². The van der Waals surface area contributed by atoms with Crippen molar-refractivity contribution in [3.8, 4) is 11.5 Å². The number of para-hydroxylation sites is 1. The molecule has 0 aliphatic heterocycles. The number of carbonyl (C=O) groups excluding carboxylic acids is 1. The van der Waals surface area contributed by atoms with Crippen LogP contribution in [-0.4, -0.2) is 31.1 Å². The molecular weight excluding hydrogens is 290 g/mol. The highest BCUT2D eigenvalue weighted by Gasteiger charge is 2.25. The Morgan fingerprint density at radius 1 is 1.22 bits per heavy atom. The monoisotopic (exact) mass is 321 g/mol. The summed E-state index contributed by atoms with van der Waals surface area (Å²) in [4.78, 5) is 14.7. The van der Waals surface area contributed by atoms with Crippen LogP contribution in [0.2, 0.25) is 0 Å². The van der Waals surface area contributed by atoms with Crippen molar-refractivity contribution in [1.29, 1.82) is 0 Å². The van der Waals surface area contributed by atoms with E-state index in [1.807, 2.05) is 23.1 Å². The van der Waals surface area contributed by atoms with Crippen molar-refractivity contribution in [2.24, 2.45) is 5.41 Å². The zero-order chi connectivity index (χ0) is 17.6. The minimum Gasteiger partial charge on any atom is -0.493 e. The van der Waals surface area contributed by atoms with Gasteiger partial charge in [0.1, 0.15) is 0 Å². The summed E-state index contributed by atoms with van der Waals surface area (Å²) in [6.07, 6.45) is 1.45. The van der Waals surface area contributed by atoms with Crippen molar-refractivity contribution in [3.63, 3.8) is 0 Å². The second-order valence-electron chi connectivity index (χ2n) is 7.17. The first kappa shape index (κ1) is 19.3. The Labute approximate surface area is 140 Å². The number of nitrogens with zero attached hydrogens (tertiary/aromatic N) is 1. The molecule has 1 amide bonds. The summed E-state index contributed by atoms with van der Waals surface area (Å²) in [6.45, 7) is 11.0. The zero-order valence-corrected chi connectivity index (χ0v) is 15.6. The summed E-state index contributed by atoms with van der Waals surface area (Å²) < 4.78 is 10.9. The van der Waals surface area contributed by atoms with Crippen LogP contribution < -0.4 is 9.47 Å². The van der Waals surface area contributed by atoms with E-state index in [9.17, 15) is 4.79 Å². The van der Waals surface area contributed by atoms with E-state index in [0.717, 1.165) is 12.0 Å². The van der Waals surface area contributed by atoms with Gasteiger partial charge >= 0.3 is 0 Å². The van der Waals surface area contributed by atoms with E-state index in [1.54, 1.807) is 14.2 Å². The maximum absolute atomic E-state index is 12.8. The molecule has 0 spiro atoms. The number of amides is 1. The fraction of sp³-hybridized carbons (Fsp3) is 0.632. The molecule has 0 aliphatic rings. The summed E-state index contributed by atoms with van der Waals surface area (Å²) in [5.41, 5.74) is 0.941. The molecule has 0 heterocycles. The molecule has 0 aromatic heterocycles. The molecule has 4 nitrogen and oxygen atoms in total. The predicted octanol–water partition coefficient (Wildman–Crippen LogP) is 4.27. The van der Waals surface area contributed by atoms with Crippen LogP contribution in [0.1, 0.15) is 53.0 Å². The Morgan fingerprint density at radius 3 is 2.35 bits per heavy atom. The van der Waals surface area contributed by atoms with Crippen molar-refractivity contribution >= 4 is 5.91 Å². The second kappa shape index (κ2) is 8.23. The molecule has 1 aromatic carbocycles. The van der Waals surface area contributed by atoms with Crippen LogP contribution in [0.4, 0.5) is 0 Å². The summed E-state index contributed by atoms with van der Waals surface area (Å²) in [5.74, 6) is 1.57. The highest BCUT2D eigenvalue weighted by molar-refractivity contribution is 5.77. The third-order valence-corrected chi connectivity index (χ3v) is 3.95. The van der Waals surface area contributed by atoms with Gasteiger partial charge in [0.15, 0.2) is 11.5 Å². The molecule has 1 unspecified atom stereocenters. The van der Waals surface area contributed by atoms with Crippen LogP contribution in [0.3, 0.4) is 0 Å². The Hall–Kier alpha value is -1.71. The lowest BCUT2D eigenvalue weighted by Gasteiger charge is -2.32. The number of ether oxygens (including phenoxy) is 2. The molecule has 0 aliphatic carbocycles. The van der Waals surface area contributed by atoms with Gasteiger partial charge in [-0.2, -0.15) is 0 Å². The summed E-state index contributed by atoms with van der Waals surface area (Å²) in [6, 6.07) is 5.97. The number of carbonyl (C=O) groups is 1. The van der Waals surface area contributed by atoms with Gasteiger partial charge in [0.2, 0.25) is 5.91 Å². The molecule has 4 heteroatoms. The number of benzene rings is 1. The Balaban J connectivity index is 3.09. The maximum atomic E-state index is 12.8. The number of rotatable bonds is 7. The van der Waals surface area contributed by atoms with Crippen molar-refractivity contribution in [2.75, 3.05) is 14.2 Å². The SMILES string of the molecule is CCC(C)N(Cc1cccc(OC)c1OC)C(=O)CC(C)(C)C. The lowest BCUT2D eigenvalue weighted by molar-refractivity contribution is -0.135. The zero-order valence-electron chi connectivity index (χ0n) is 15.6. The molecule has 0 fully saturated rings. The quantitative estimate of drug-likeness (QED) is 0.753. The average molecular weight is 321 g/mol. The third-order valence-electron chi connectivity index (χ3n) is 3.95. The smallest absolute Gasteiger partial charge is 0.223 e. The molecule has 1 aromatic rings. The molecule has 130 valence electrons. The van der Waals surface area contributed by atoms with E-state index in [2.05, 4.69) is 34.6 Å². The lowest BCUT2D eigenvalue weighted by Crippen LogP contribution is -2.39. The first-order valence-corrected chi connectivity index (χ1v) is 8.22. The van der Waals surface area contributed by atoms with Gasteiger partial charge < -0.3 is 14.4 Å². The van der Waals surface area contributed by atoms with Gasteiger partial charge in [0.25, 0.3) is 0 Å². The average Bonchev–Trinajstić information content (AvgIpc) is 2.49. The van der Waals surface area contributed by atoms with Crippen LogP contribution >= 0.6 is 0 Å². The maximum Gasteiger partial charge on any atom is 0.223 e. The number of methoxy groups -OCH3 is 2. The first-order chi connectivity index (χ1) is 10.7. The molecule has 23 heavy (non-hydrogen) atoms. The van der Waals surface area contributed by atoms with E-state index < -0.39 is 0 Å². The van der Waals surface area contributed by atoms with Gasteiger partial charge in [0, 0.05) is 24.6 Å². The van der Waals surface area contributed by atoms with Crippen molar-refractivity contribution in [2.45, 2.75) is 60.0 Å². The standard InChI is InChI=1S/C19H31NO3/c1-8-14(2)20(17(21)12-19(3,4)5)13-15-10-9-11-16(22-6)18(15)23-7/h9-11,14H,8,12-13H2,1-7H3. The minimum atomic E-state index is -0.0265. The van der Waals surface area contributed by atoms with Crippen LogP contribution in [0, 0.1) is 5.41 Å². The van der Waals surface area contributed by atoms with Crippen LogP contribution in [0.5, 0.6) is 11.5 Å². The molecule has 0 bridgehead atoms. The molecule has 0 saturated carbocycles. The van der Waals surface area contributed by atoms with Crippen molar-refractivity contribution < 1.29 is 14.3 Å². The molecule has 1 atom stereocenters. The molecule has 0 radical (unpaired) electrons. The topological polar surface area (TPSA) is 38.8 Å². The van der Waals surface area contributed by atoms with E-state index in [0.29, 0.717) is 24.5 Å². The Bertz CT molecular complexity index is 520. The van der Waals surface area contributed by atoms with Gasteiger partial charge in [-0.25, -0.2) is 0 Å². The Morgan fingerprint density at radius 2 is 1.87 bits per heavy atom. The van der Waals surface area contributed by atoms with Gasteiger partial charge in [-0.3, -0.25) is 4.79 Å². The predicted molar refractivity (Wildman–Crippen MR) is 93.9 cm³/mol. The normalized spacial score (nSPS) is 12.7. The molecule has 0 N–H and O–H groups in total. The van der Waals surface area contributed by atoms with Gasteiger partial charge in [-0.15, -0.1) is 0 Å². The minimum absolute atomic E-state index is 0.0265. The summed E-state index contributed by atoms with van der Waals surface area (Å²) in [5, 5.41) is 0. The highest BCUT2D eigenvalue weighted by Crippen LogP contribution is 2.32. The van der Waals surface area contributed by atoms with Crippen molar-refractivity contribution in [1.82, 2.24) is 4.90 Å². The van der Waals surface area contributed by atoms with Gasteiger partial charge in [-0.1, -0.05) is 39.8 Å². The van der Waals surface area contributed by atoms with Crippen LogP contribution in [-0.2, 0) is 11.3 Å². The van der Waals surface area contributed by atoms with E-state index in [1.165, 1.54) is 0 Å². The van der Waals surface area contributed by atoms with Crippen LogP contribution in [0.25, 0.3) is 0 Å². The fourth-order valence-corrected chi connectivity index (χ4v) is 2.53. The largest absolute Gasteiger partial charge is 0.493 e. The van der Waals surface area contributed by atoms with E-state index >= 15 is 0 Å². The Kier molecular flexibility index (Phi) is 6.92. The van der Waals surface area contributed by atoms with E-state index in [4.69, 9.17) is 9.47 Å². The summed E-state index contributed by atoms with van der Waals surface area (Å²) >= 11 is 0. The fourth-order valence-electron chi connectivity index (χ4n) is 2.53. The second-order valence-corrected chi connectivity index (χ2v) is 7.17. The van der Waals surface area contributed by atoms with E-state index in [-0.39, 0.29) is 17.4 Å². The molecular formula is C19H31NO3.